The van der Waals surface area contributed by atoms with Gasteiger partial charge in [-0.1, -0.05) is 13.8 Å². The minimum Gasteiger partial charge on any atom is -0.356 e. The van der Waals surface area contributed by atoms with Gasteiger partial charge < -0.3 is 5.32 Å². The number of hydrogen-bond donors (Lipinski definition) is 1. The third-order valence-corrected chi connectivity index (χ3v) is 2.53. The fraction of sp³-hybridized carbons (Fsp3) is 0.667. The quantitative estimate of drug-likeness (QED) is 0.898. The number of carbonyl (C=O) groups excluding carboxylic acids is 1. The Morgan fingerprint density at radius 3 is 2.58 bits per heavy atom. The lowest BCUT2D eigenvalue weighted by Gasteiger charge is -2.08. The summed E-state index contributed by atoms with van der Waals surface area (Å²) >= 11 is 0. The van der Waals surface area contributed by atoms with Crippen molar-refractivity contribution in [2.24, 2.45) is 5.92 Å². The first kappa shape index (κ1) is 15.5. The Morgan fingerprint density at radius 1 is 1.47 bits per heavy atom. The van der Waals surface area contributed by atoms with Crippen molar-refractivity contribution in [1.29, 1.82) is 0 Å². The van der Waals surface area contributed by atoms with Gasteiger partial charge in [0.1, 0.15) is 0 Å². The summed E-state index contributed by atoms with van der Waals surface area (Å²) in [5.74, 6) is 0.157. The van der Waals surface area contributed by atoms with E-state index in [1.54, 1.807) is 0 Å². The highest BCUT2D eigenvalue weighted by Crippen LogP contribution is 2.28. The Morgan fingerprint density at radius 2 is 2.11 bits per heavy atom. The molecule has 1 amide bonds. The first-order valence-electron chi connectivity index (χ1n) is 6.08. The molecule has 0 aliphatic heterocycles. The van der Waals surface area contributed by atoms with Gasteiger partial charge in [0.25, 0.3) is 0 Å². The predicted molar refractivity (Wildman–Crippen MR) is 64.4 cm³/mol. The smallest absolute Gasteiger partial charge is 0.356 e. The number of nitrogens with one attached hydrogen (secondary N) is 1. The highest BCUT2D eigenvalue weighted by Gasteiger charge is 2.34. The Bertz CT molecular complexity index is 438. The molecule has 108 valence electrons. The Balaban J connectivity index is 2.54. The molecule has 1 aromatic heterocycles. The maximum absolute atomic E-state index is 12.4. The monoisotopic (exact) mass is 277 g/mol. The predicted octanol–water partition coefficient (Wildman–Crippen LogP) is 2.37. The average molecular weight is 277 g/mol. The van der Waals surface area contributed by atoms with Crippen molar-refractivity contribution in [1.82, 2.24) is 15.1 Å². The van der Waals surface area contributed by atoms with E-state index in [9.17, 15) is 18.0 Å². The number of aryl methyl sites for hydroxylation is 2. The number of amides is 1. The summed E-state index contributed by atoms with van der Waals surface area (Å²) in [5.41, 5.74) is -0.531. The molecule has 0 fully saturated rings. The molecular formula is C12H18F3N3O. The maximum Gasteiger partial charge on any atom is 0.435 e. The van der Waals surface area contributed by atoms with E-state index in [0.717, 1.165) is 6.07 Å². The molecule has 0 bridgehead atoms. The summed E-state index contributed by atoms with van der Waals surface area (Å²) < 4.78 is 38.5. The van der Waals surface area contributed by atoms with E-state index in [2.05, 4.69) is 10.4 Å². The van der Waals surface area contributed by atoms with Crippen LogP contribution in [0.4, 0.5) is 13.2 Å². The largest absolute Gasteiger partial charge is 0.435 e. The number of alkyl halides is 3. The van der Waals surface area contributed by atoms with Gasteiger partial charge in [-0.15, -0.1) is 0 Å². The lowest BCUT2D eigenvalue weighted by molar-refractivity contribution is -0.141. The van der Waals surface area contributed by atoms with Crippen molar-refractivity contribution in [3.8, 4) is 0 Å². The zero-order valence-electron chi connectivity index (χ0n) is 11.2. The van der Waals surface area contributed by atoms with Crippen molar-refractivity contribution in [3.63, 3.8) is 0 Å². The molecule has 19 heavy (non-hydrogen) atoms. The van der Waals surface area contributed by atoms with Crippen LogP contribution in [0.2, 0.25) is 0 Å². The van der Waals surface area contributed by atoms with E-state index >= 15 is 0 Å². The van der Waals surface area contributed by atoms with Gasteiger partial charge in [0.05, 0.1) is 0 Å². The number of nitrogens with zero attached hydrogens (tertiary/aromatic N) is 2. The Labute approximate surface area is 110 Å². The van der Waals surface area contributed by atoms with E-state index in [-0.39, 0.29) is 18.9 Å². The zero-order valence-corrected chi connectivity index (χ0v) is 11.2. The van der Waals surface area contributed by atoms with Crippen LogP contribution in [0.3, 0.4) is 0 Å². The summed E-state index contributed by atoms with van der Waals surface area (Å²) in [5, 5.41) is 6.17. The van der Waals surface area contributed by atoms with Crippen LogP contribution in [0.25, 0.3) is 0 Å². The molecule has 1 heterocycles. The van der Waals surface area contributed by atoms with Gasteiger partial charge in [-0.2, -0.15) is 18.3 Å². The average Bonchev–Trinajstić information content (AvgIpc) is 2.65. The zero-order chi connectivity index (χ0) is 14.6. The summed E-state index contributed by atoms with van der Waals surface area (Å²) in [7, 11) is 0. The first-order valence-corrected chi connectivity index (χ1v) is 6.08. The molecule has 1 rings (SSSR count). The lowest BCUT2D eigenvalue weighted by Crippen LogP contribution is -2.28. The minimum atomic E-state index is -4.45. The van der Waals surface area contributed by atoms with E-state index in [4.69, 9.17) is 0 Å². The molecule has 0 unspecified atom stereocenters. The lowest BCUT2D eigenvalue weighted by atomic mass is 10.2. The Hall–Kier alpha value is -1.53. The van der Waals surface area contributed by atoms with Crippen LogP contribution in [-0.4, -0.2) is 22.2 Å². The number of halogens is 3. The van der Waals surface area contributed by atoms with Gasteiger partial charge in [-0.25, -0.2) is 0 Å². The van der Waals surface area contributed by atoms with Crippen LogP contribution in [0, 0.1) is 12.8 Å². The first-order chi connectivity index (χ1) is 8.70. The van der Waals surface area contributed by atoms with E-state index < -0.39 is 11.9 Å². The molecule has 0 saturated heterocycles. The molecule has 0 radical (unpaired) electrons. The third-order valence-electron chi connectivity index (χ3n) is 2.53. The normalized spacial score (nSPS) is 11.9. The van der Waals surface area contributed by atoms with Gasteiger partial charge in [0.2, 0.25) is 5.91 Å². The van der Waals surface area contributed by atoms with Gasteiger partial charge >= 0.3 is 6.18 Å². The topological polar surface area (TPSA) is 46.9 Å². The van der Waals surface area contributed by atoms with Crippen molar-refractivity contribution in [3.05, 3.63) is 17.5 Å². The molecule has 7 heteroatoms. The van der Waals surface area contributed by atoms with Gasteiger partial charge in [0, 0.05) is 25.2 Å². The fourth-order valence-corrected chi connectivity index (χ4v) is 1.49. The number of carbonyl (C=O) groups is 1. The second kappa shape index (κ2) is 6.08. The van der Waals surface area contributed by atoms with Crippen LogP contribution in [0.15, 0.2) is 6.07 Å². The number of rotatable bonds is 5. The third kappa shape index (κ3) is 4.92. The van der Waals surface area contributed by atoms with Crippen LogP contribution in [-0.2, 0) is 17.5 Å². The van der Waals surface area contributed by atoms with Gasteiger partial charge in [0.15, 0.2) is 5.69 Å². The van der Waals surface area contributed by atoms with Crippen molar-refractivity contribution in [2.75, 3.05) is 6.54 Å². The van der Waals surface area contributed by atoms with E-state index in [1.807, 2.05) is 13.8 Å². The Kier molecular flexibility index (Phi) is 4.97. The van der Waals surface area contributed by atoms with Crippen LogP contribution < -0.4 is 5.32 Å². The van der Waals surface area contributed by atoms with E-state index in [0.29, 0.717) is 18.2 Å². The van der Waals surface area contributed by atoms with E-state index in [1.165, 1.54) is 11.6 Å². The maximum atomic E-state index is 12.4. The molecule has 0 spiro atoms. The fourth-order valence-electron chi connectivity index (χ4n) is 1.49. The molecule has 0 aliphatic rings. The van der Waals surface area contributed by atoms with Crippen molar-refractivity contribution in [2.45, 2.75) is 39.9 Å². The molecule has 1 aromatic rings. The summed E-state index contributed by atoms with van der Waals surface area (Å²) in [6.07, 6.45) is -4.33. The number of aromatic nitrogens is 2. The van der Waals surface area contributed by atoms with Crippen LogP contribution >= 0.6 is 0 Å². The molecule has 0 aliphatic carbocycles. The van der Waals surface area contributed by atoms with Gasteiger partial charge in [-0.3, -0.25) is 9.48 Å². The number of hydrogen-bond acceptors (Lipinski definition) is 2. The highest BCUT2D eigenvalue weighted by molar-refractivity contribution is 5.75. The van der Waals surface area contributed by atoms with Crippen LogP contribution in [0.1, 0.15) is 31.7 Å². The molecule has 4 nitrogen and oxygen atoms in total. The highest BCUT2D eigenvalue weighted by atomic mass is 19.4. The van der Waals surface area contributed by atoms with Crippen LogP contribution in [0.5, 0.6) is 0 Å². The molecule has 0 aromatic carbocycles. The van der Waals surface area contributed by atoms with Gasteiger partial charge in [-0.05, 0) is 18.9 Å². The summed E-state index contributed by atoms with van der Waals surface area (Å²) in [4.78, 5) is 11.5. The minimum absolute atomic E-state index is 0.118. The van der Waals surface area contributed by atoms with Crippen molar-refractivity contribution >= 4 is 5.91 Å². The standard InChI is InChI=1S/C12H18F3N3O/c1-8(2)7-16-11(19)4-5-18-9(3)6-10(17-18)12(13,14)15/h6,8H,4-5,7H2,1-3H3,(H,16,19). The second-order valence-electron chi connectivity index (χ2n) is 4.84. The molecule has 1 N–H and O–H groups in total. The second-order valence-corrected chi connectivity index (χ2v) is 4.84. The molecule has 0 saturated carbocycles. The molecular weight excluding hydrogens is 259 g/mol. The molecule has 0 atom stereocenters. The van der Waals surface area contributed by atoms with Crippen molar-refractivity contribution < 1.29 is 18.0 Å². The summed E-state index contributed by atoms with van der Waals surface area (Å²) in [6.45, 7) is 6.17. The SMILES string of the molecule is Cc1cc(C(F)(F)F)nn1CCC(=O)NCC(C)C. The summed E-state index contributed by atoms with van der Waals surface area (Å²) in [6, 6.07) is 0.978.